The molecule has 88 valence electrons. The first-order chi connectivity index (χ1) is 7.75. The van der Waals surface area contributed by atoms with Crippen LogP contribution < -0.4 is 5.73 Å². The van der Waals surface area contributed by atoms with Gasteiger partial charge in [0.1, 0.15) is 6.33 Å². The Balaban J connectivity index is 1.79. The molecule has 16 heavy (non-hydrogen) atoms. The molecule has 0 bridgehead atoms. The zero-order valence-corrected chi connectivity index (χ0v) is 9.76. The van der Waals surface area contributed by atoms with Crippen LogP contribution in [0.25, 0.3) is 0 Å². The summed E-state index contributed by atoms with van der Waals surface area (Å²) in [4.78, 5) is 8.57. The number of nitrogens with zero attached hydrogens (tertiary/aromatic N) is 4. The number of aromatic nitrogens is 3. The van der Waals surface area contributed by atoms with E-state index in [0.717, 1.165) is 18.1 Å². The lowest BCUT2D eigenvalue weighted by Gasteiger charge is -2.07. The molecule has 5 nitrogen and oxygen atoms in total. The van der Waals surface area contributed by atoms with Gasteiger partial charge in [0.25, 0.3) is 0 Å². The molecule has 1 aliphatic rings. The first-order valence-corrected chi connectivity index (χ1v) is 5.90. The quantitative estimate of drug-likeness (QED) is 0.607. The smallest absolute Gasteiger partial charge is 0.152 e. The monoisotopic (exact) mass is 221 g/mol. The maximum atomic E-state index is 5.95. The molecule has 0 unspecified atom stereocenters. The summed E-state index contributed by atoms with van der Waals surface area (Å²) in [5.41, 5.74) is 5.95. The minimum absolute atomic E-state index is 0.525. The van der Waals surface area contributed by atoms with Crippen LogP contribution in [0.3, 0.4) is 0 Å². The molecule has 0 spiro atoms. The third-order valence-electron chi connectivity index (χ3n) is 3.05. The second-order valence-electron chi connectivity index (χ2n) is 4.37. The van der Waals surface area contributed by atoms with Crippen molar-refractivity contribution in [3.8, 4) is 0 Å². The highest BCUT2D eigenvalue weighted by atomic mass is 15.3. The summed E-state index contributed by atoms with van der Waals surface area (Å²) in [6, 6.07) is 0. The van der Waals surface area contributed by atoms with Crippen LogP contribution in [-0.4, -0.2) is 27.1 Å². The molecule has 1 aromatic rings. The van der Waals surface area contributed by atoms with Crippen LogP contribution in [0.4, 0.5) is 0 Å². The standard InChI is InChI=1S/C11H19N5/c1-16-8-14-10(15-16)6-7-13-11(12)9-4-2-3-5-9/h8-9H,2-7H2,1H3,(H2,12,13). The molecule has 0 atom stereocenters. The number of nitrogens with two attached hydrogens (primary N) is 1. The maximum Gasteiger partial charge on any atom is 0.152 e. The van der Waals surface area contributed by atoms with Gasteiger partial charge in [0.05, 0.1) is 5.84 Å². The van der Waals surface area contributed by atoms with Gasteiger partial charge in [-0.2, -0.15) is 5.10 Å². The van der Waals surface area contributed by atoms with E-state index >= 15 is 0 Å². The summed E-state index contributed by atoms with van der Waals surface area (Å²) >= 11 is 0. The second kappa shape index (κ2) is 5.09. The van der Waals surface area contributed by atoms with Crippen molar-refractivity contribution in [3.63, 3.8) is 0 Å². The Morgan fingerprint density at radius 2 is 2.31 bits per heavy atom. The first kappa shape index (κ1) is 11.1. The molecule has 1 aliphatic carbocycles. The van der Waals surface area contributed by atoms with Crippen molar-refractivity contribution in [2.75, 3.05) is 6.54 Å². The van der Waals surface area contributed by atoms with Crippen LogP contribution in [-0.2, 0) is 13.5 Å². The zero-order valence-electron chi connectivity index (χ0n) is 9.76. The van der Waals surface area contributed by atoms with Crippen molar-refractivity contribution in [1.82, 2.24) is 14.8 Å². The van der Waals surface area contributed by atoms with Gasteiger partial charge in [-0.15, -0.1) is 0 Å². The largest absolute Gasteiger partial charge is 0.387 e. The van der Waals surface area contributed by atoms with Gasteiger partial charge in [0.2, 0.25) is 0 Å². The van der Waals surface area contributed by atoms with Crippen LogP contribution in [0, 0.1) is 5.92 Å². The van der Waals surface area contributed by atoms with Gasteiger partial charge in [-0.1, -0.05) is 12.8 Å². The number of hydrogen-bond acceptors (Lipinski definition) is 3. The van der Waals surface area contributed by atoms with Gasteiger partial charge >= 0.3 is 0 Å². The topological polar surface area (TPSA) is 69.1 Å². The Kier molecular flexibility index (Phi) is 3.54. The molecule has 1 saturated carbocycles. The Labute approximate surface area is 95.8 Å². The number of amidine groups is 1. The molecule has 0 aliphatic heterocycles. The minimum Gasteiger partial charge on any atom is -0.387 e. The van der Waals surface area contributed by atoms with Crippen LogP contribution >= 0.6 is 0 Å². The molecule has 0 saturated heterocycles. The summed E-state index contributed by atoms with van der Waals surface area (Å²) < 4.78 is 1.71. The van der Waals surface area contributed by atoms with Crippen molar-refractivity contribution in [1.29, 1.82) is 0 Å². The summed E-state index contributed by atoms with van der Waals surface area (Å²) in [5.74, 6) is 2.19. The highest BCUT2D eigenvalue weighted by Gasteiger charge is 2.18. The highest BCUT2D eigenvalue weighted by molar-refractivity contribution is 5.83. The predicted octanol–water partition coefficient (Wildman–Crippen LogP) is 0.905. The Hall–Kier alpha value is -1.39. The van der Waals surface area contributed by atoms with Gasteiger partial charge in [0, 0.05) is 25.9 Å². The lowest BCUT2D eigenvalue weighted by molar-refractivity contribution is 0.710. The molecule has 1 aromatic heterocycles. The Morgan fingerprint density at radius 1 is 1.56 bits per heavy atom. The molecule has 1 fully saturated rings. The van der Waals surface area contributed by atoms with Crippen LogP contribution in [0.1, 0.15) is 31.5 Å². The molecule has 1 heterocycles. The lowest BCUT2D eigenvalue weighted by atomic mass is 10.1. The van der Waals surface area contributed by atoms with Crippen molar-refractivity contribution in [2.24, 2.45) is 23.7 Å². The molecule has 0 amide bonds. The number of hydrogen-bond donors (Lipinski definition) is 1. The van der Waals surface area contributed by atoms with Gasteiger partial charge in [-0.3, -0.25) is 9.67 Å². The average molecular weight is 221 g/mol. The van der Waals surface area contributed by atoms with Crippen LogP contribution in [0.15, 0.2) is 11.3 Å². The fourth-order valence-corrected chi connectivity index (χ4v) is 2.13. The maximum absolute atomic E-state index is 5.95. The van der Waals surface area contributed by atoms with E-state index in [1.807, 2.05) is 7.05 Å². The first-order valence-electron chi connectivity index (χ1n) is 5.90. The van der Waals surface area contributed by atoms with Crippen molar-refractivity contribution in [2.45, 2.75) is 32.1 Å². The second-order valence-corrected chi connectivity index (χ2v) is 4.37. The molecule has 2 rings (SSSR count). The van der Waals surface area contributed by atoms with Crippen molar-refractivity contribution >= 4 is 5.84 Å². The predicted molar refractivity (Wildman–Crippen MR) is 63.2 cm³/mol. The molecule has 2 N–H and O–H groups in total. The Morgan fingerprint density at radius 3 is 2.94 bits per heavy atom. The third kappa shape index (κ3) is 2.81. The summed E-state index contributed by atoms with van der Waals surface area (Å²) in [6.45, 7) is 0.701. The van der Waals surface area contributed by atoms with Gasteiger partial charge in [0.15, 0.2) is 5.82 Å². The third-order valence-corrected chi connectivity index (χ3v) is 3.05. The molecule has 5 heteroatoms. The molecular weight excluding hydrogens is 202 g/mol. The molecular formula is C11H19N5. The molecule has 0 radical (unpaired) electrons. The Bertz CT molecular complexity index is 362. The van der Waals surface area contributed by atoms with Gasteiger partial charge < -0.3 is 5.73 Å². The van der Waals surface area contributed by atoms with E-state index < -0.39 is 0 Å². The van der Waals surface area contributed by atoms with Crippen molar-refractivity contribution in [3.05, 3.63) is 12.2 Å². The van der Waals surface area contributed by atoms with E-state index in [1.165, 1.54) is 25.7 Å². The summed E-state index contributed by atoms with van der Waals surface area (Å²) in [7, 11) is 1.87. The van der Waals surface area contributed by atoms with Gasteiger partial charge in [-0.05, 0) is 12.8 Å². The van der Waals surface area contributed by atoms with Crippen LogP contribution in [0.2, 0.25) is 0 Å². The van der Waals surface area contributed by atoms with E-state index in [4.69, 9.17) is 5.73 Å². The fourth-order valence-electron chi connectivity index (χ4n) is 2.13. The SMILES string of the molecule is Cn1cnc(CCN=C(N)C2CCCC2)n1. The average Bonchev–Trinajstić information content (AvgIpc) is 2.89. The lowest BCUT2D eigenvalue weighted by Crippen LogP contribution is -2.22. The van der Waals surface area contributed by atoms with E-state index in [-0.39, 0.29) is 0 Å². The van der Waals surface area contributed by atoms with E-state index in [2.05, 4.69) is 15.1 Å². The van der Waals surface area contributed by atoms with Crippen molar-refractivity contribution < 1.29 is 0 Å². The number of aliphatic imine (C=N–C) groups is 1. The van der Waals surface area contributed by atoms with Gasteiger partial charge in [-0.25, -0.2) is 4.98 Å². The highest BCUT2D eigenvalue weighted by Crippen LogP contribution is 2.24. The van der Waals surface area contributed by atoms with E-state index in [0.29, 0.717) is 12.5 Å². The number of rotatable bonds is 4. The zero-order chi connectivity index (χ0) is 11.4. The fraction of sp³-hybridized carbons (Fsp3) is 0.727. The normalized spacial score (nSPS) is 18.2. The summed E-state index contributed by atoms with van der Waals surface area (Å²) in [5, 5.41) is 4.20. The van der Waals surface area contributed by atoms with Crippen LogP contribution in [0.5, 0.6) is 0 Å². The van der Waals surface area contributed by atoms with E-state index in [1.54, 1.807) is 11.0 Å². The molecule has 0 aromatic carbocycles. The summed E-state index contributed by atoms with van der Waals surface area (Å²) in [6.07, 6.45) is 7.48. The van der Waals surface area contributed by atoms with E-state index in [9.17, 15) is 0 Å². The number of aryl methyl sites for hydroxylation is 1. The minimum atomic E-state index is 0.525.